The van der Waals surface area contributed by atoms with E-state index in [1.165, 1.54) is 5.69 Å². The van der Waals surface area contributed by atoms with E-state index in [1.54, 1.807) is 6.33 Å². The molecule has 14 heavy (non-hydrogen) atoms. The second kappa shape index (κ2) is 5.78. The van der Waals surface area contributed by atoms with Crippen molar-refractivity contribution in [2.75, 3.05) is 6.61 Å². The second-order valence-electron chi connectivity index (χ2n) is 3.64. The van der Waals surface area contributed by atoms with Gasteiger partial charge in [-0.25, -0.2) is 4.98 Å². The van der Waals surface area contributed by atoms with E-state index in [9.17, 15) is 0 Å². The first-order valence-corrected chi connectivity index (χ1v) is 5.03. The lowest BCUT2D eigenvalue weighted by Gasteiger charge is -2.12. The number of aliphatic hydroxyl groups is 1. The van der Waals surface area contributed by atoms with Crippen molar-refractivity contribution in [1.82, 2.24) is 14.9 Å². The molecule has 1 aromatic rings. The van der Waals surface area contributed by atoms with Gasteiger partial charge in [0.25, 0.3) is 0 Å². The fourth-order valence-electron chi connectivity index (χ4n) is 1.33. The molecular formula is C10H19N3O. The molecule has 0 fully saturated rings. The van der Waals surface area contributed by atoms with Crippen molar-refractivity contribution in [1.29, 1.82) is 0 Å². The fourth-order valence-corrected chi connectivity index (χ4v) is 1.33. The summed E-state index contributed by atoms with van der Waals surface area (Å²) >= 11 is 0. The highest BCUT2D eigenvalue weighted by Gasteiger charge is 2.02. The third-order valence-corrected chi connectivity index (χ3v) is 2.34. The highest BCUT2D eigenvalue weighted by Crippen LogP contribution is 1.99. The van der Waals surface area contributed by atoms with Crippen LogP contribution >= 0.6 is 0 Å². The molecule has 1 aromatic heterocycles. The van der Waals surface area contributed by atoms with E-state index in [2.05, 4.69) is 17.2 Å². The topological polar surface area (TPSA) is 50.1 Å². The Morgan fingerprint density at radius 3 is 3.00 bits per heavy atom. The number of nitrogens with one attached hydrogen (secondary N) is 1. The highest BCUT2D eigenvalue weighted by molar-refractivity contribution is 4.96. The molecule has 80 valence electrons. The molecule has 0 bridgehead atoms. The summed E-state index contributed by atoms with van der Waals surface area (Å²) in [6.07, 6.45) is 5.54. The zero-order valence-corrected chi connectivity index (χ0v) is 8.90. The summed E-state index contributed by atoms with van der Waals surface area (Å²) in [6, 6.07) is 0.442. The third-order valence-electron chi connectivity index (χ3n) is 2.34. The van der Waals surface area contributed by atoms with Crippen LogP contribution < -0.4 is 5.32 Å². The van der Waals surface area contributed by atoms with Gasteiger partial charge in [0.2, 0.25) is 0 Å². The Balaban J connectivity index is 2.23. The third kappa shape index (κ3) is 3.47. The number of aryl methyl sites for hydroxylation is 1. The standard InChI is InChI=1S/C10H19N3O/c1-9(4-3-5-14)12-7-10-6-11-8-13(10)2/h6,8-9,12,14H,3-5,7H2,1-2H3. The van der Waals surface area contributed by atoms with Crippen molar-refractivity contribution in [2.45, 2.75) is 32.4 Å². The number of hydrogen-bond acceptors (Lipinski definition) is 3. The van der Waals surface area contributed by atoms with Gasteiger partial charge in [0, 0.05) is 32.4 Å². The van der Waals surface area contributed by atoms with Gasteiger partial charge in [-0.2, -0.15) is 0 Å². The number of hydrogen-bond donors (Lipinski definition) is 2. The predicted octanol–water partition coefficient (Wildman–Crippen LogP) is 0.671. The lowest BCUT2D eigenvalue weighted by Crippen LogP contribution is -2.26. The summed E-state index contributed by atoms with van der Waals surface area (Å²) in [5, 5.41) is 12.1. The zero-order chi connectivity index (χ0) is 10.4. The predicted molar refractivity (Wildman–Crippen MR) is 55.8 cm³/mol. The largest absolute Gasteiger partial charge is 0.396 e. The summed E-state index contributed by atoms with van der Waals surface area (Å²) in [7, 11) is 1.99. The van der Waals surface area contributed by atoms with E-state index in [4.69, 9.17) is 5.11 Å². The molecule has 1 rings (SSSR count). The van der Waals surface area contributed by atoms with Crippen molar-refractivity contribution in [2.24, 2.45) is 7.05 Å². The molecule has 0 saturated heterocycles. The molecule has 0 amide bonds. The lowest BCUT2D eigenvalue weighted by molar-refractivity contribution is 0.276. The summed E-state index contributed by atoms with van der Waals surface area (Å²) < 4.78 is 2.01. The van der Waals surface area contributed by atoms with E-state index in [0.717, 1.165) is 19.4 Å². The summed E-state index contributed by atoms with van der Waals surface area (Å²) in [5.41, 5.74) is 1.18. The molecule has 0 aromatic carbocycles. The maximum Gasteiger partial charge on any atom is 0.0945 e. The number of rotatable bonds is 6. The van der Waals surface area contributed by atoms with E-state index in [1.807, 2.05) is 17.8 Å². The van der Waals surface area contributed by atoms with Gasteiger partial charge in [-0.1, -0.05) is 0 Å². The van der Waals surface area contributed by atoms with Gasteiger partial charge in [0.15, 0.2) is 0 Å². The first-order chi connectivity index (χ1) is 6.74. The van der Waals surface area contributed by atoms with Crippen LogP contribution in [0.1, 0.15) is 25.5 Å². The Kier molecular flexibility index (Phi) is 4.62. The Labute approximate surface area is 85.0 Å². The normalized spacial score (nSPS) is 13.1. The molecule has 0 saturated carbocycles. The van der Waals surface area contributed by atoms with Gasteiger partial charge >= 0.3 is 0 Å². The van der Waals surface area contributed by atoms with Crippen LogP contribution in [0, 0.1) is 0 Å². The van der Waals surface area contributed by atoms with Gasteiger partial charge in [-0.15, -0.1) is 0 Å². The first kappa shape index (κ1) is 11.2. The van der Waals surface area contributed by atoms with Crippen LogP contribution in [0.2, 0.25) is 0 Å². The van der Waals surface area contributed by atoms with Crippen LogP contribution in [0.3, 0.4) is 0 Å². The quantitative estimate of drug-likeness (QED) is 0.704. The van der Waals surface area contributed by atoms with Crippen LogP contribution in [0.5, 0.6) is 0 Å². The van der Waals surface area contributed by atoms with Crippen molar-refractivity contribution in [3.63, 3.8) is 0 Å². The Hall–Kier alpha value is -0.870. The summed E-state index contributed by atoms with van der Waals surface area (Å²) in [6.45, 7) is 3.24. The molecule has 2 N–H and O–H groups in total. The van der Waals surface area contributed by atoms with Crippen molar-refractivity contribution < 1.29 is 5.11 Å². The van der Waals surface area contributed by atoms with Crippen molar-refractivity contribution in [3.8, 4) is 0 Å². The van der Waals surface area contributed by atoms with Crippen molar-refractivity contribution in [3.05, 3.63) is 18.2 Å². The molecule has 1 unspecified atom stereocenters. The molecule has 4 heteroatoms. The number of aliphatic hydroxyl groups excluding tert-OH is 1. The molecule has 4 nitrogen and oxygen atoms in total. The molecule has 0 aliphatic heterocycles. The number of aromatic nitrogens is 2. The molecule has 0 aliphatic carbocycles. The molecule has 0 spiro atoms. The summed E-state index contributed by atoms with van der Waals surface area (Å²) in [5.74, 6) is 0. The highest BCUT2D eigenvalue weighted by atomic mass is 16.2. The van der Waals surface area contributed by atoms with Gasteiger partial charge < -0.3 is 15.0 Å². The molecule has 1 heterocycles. The first-order valence-electron chi connectivity index (χ1n) is 5.03. The SMILES string of the molecule is CC(CCCO)NCc1cncn1C. The molecule has 0 aliphatic rings. The minimum atomic E-state index is 0.276. The van der Waals surface area contributed by atoms with E-state index < -0.39 is 0 Å². The average molecular weight is 197 g/mol. The maximum atomic E-state index is 8.67. The molecule has 1 atom stereocenters. The lowest BCUT2D eigenvalue weighted by atomic mass is 10.2. The fraction of sp³-hybridized carbons (Fsp3) is 0.700. The van der Waals surface area contributed by atoms with Gasteiger partial charge in [0.05, 0.1) is 12.0 Å². The monoisotopic (exact) mass is 197 g/mol. The van der Waals surface area contributed by atoms with Gasteiger partial charge in [-0.3, -0.25) is 0 Å². The van der Waals surface area contributed by atoms with E-state index in [-0.39, 0.29) is 6.61 Å². The minimum absolute atomic E-state index is 0.276. The van der Waals surface area contributed by atoms with Gasteiger partial charge in [0.1, 0.15) is 0 Å². The average Bonchev–Trinajstić information content (AvgIpc) is 2.58. The maximum absolute atomic E-state index is 8.67. The molecule has 0 radical (unpaired) electrons. The van der Waals surface area contributed by atoms with Crippen LogP contribution in [-0.2, 0) is 13.6 Å². The van der Waals surface area contributed by atoms with Crippen molar-refractivity contribution >= 4 is 0 Å². The number of nitrogens with zero attached hydrogens (tertiary/aromatic N) is 2. The van der Waals surface area contributed by atoms with Crippen LogP contribution in [0.4, 0.5) is 0 Å². The van der Waals surface area contributed by atoms with Crippen LogP contribution in [-0.4, -0.2) is 27.3 Å². The molecular weight excluding hydrogens is 178 g/mol. The van der Waals surface area contributed by atoms with E-state index >= 15 is 0 Å². The Morgan fingerprint density at radius 1 is 1.64 bits per heavy atom. The smallest absolute Gasteiger partial charge is 0.0945 e. The number of imidazole rings is 1. The van der Waals surface area contributed by atoms with Gasteiger partial charge in [-0.05, 0) is 19.8 Å². The Bertz CT molecular complexity index is 260. The zero-order valence-electron chi connectivity index (χ0n) is 8.90. The summed E-state index contributed by atoms with van der Waals surface area (Å²) in [4.78, 5) is 4.04. The minimum Gasteiger partial charge on any atom is -0.396 e. The van der Waals surface area contributed by atoms with E-state index in [0.29, 0.717) is 6.04 Å². The van der Waals surface area contributed by atoms with Crippen LogP contribution in [0.25, 0.3) is 0 Å². The van der Waals surface area contributed by atoms with Crippen LogP contribution in [0.15, 0.2) is 12.5 Å². The second-order valence-corrected chi connectivity index (χ2v) is 3.64. The Morgan fingerprint density at radius 2 is 2.43 bits per heavy atom.